The molecule has 132 valence electrons. The Morgan fingerprint density at radius 1 is 1.08 bits per heavy atom. The fraction of sp³-hybridized carbons (Fsp3) is 0. The van der Waals surface area contributed by atoms with Gasteiger partial charge in [-0.1, -0.05) is 0 Å². The van der Waals surface area contributed by atoms with Crippen molar-refractivity contribution in [1.82, 2.24) is 20.8 Å². The van der Waals surface area contributed by atoms with E-state index >= 15 is 0 Å². The van der Waals surface area contributed by atoms with Crippen LogP contribution in [-0.4, -0.2) is 32.8 Å². The van der Waals surface area contributed by atoms with Crippen LogP contribution in [-0.2, 0) is 4.79 Å². The summed E-state index contributed by atoms with van der Waals surface area (Å²) in [6.07, 6.45) is 0.342. The minimum Gasteiger partial charge on any atom is -0.308 e. The number of carbonyl (C=O) groups is 2. The van der Waals surface area contributed by atoms with E-state index in [1.165, 1.54) is 12.1 Å². The summed E-state index contributed by atoms with van der Waals surface area (Å²) in [5, 5.41) is 26.5. The molecule has 0 spiro atoms. The van der Waals surface area contributed by atoms with E-state index in [1.807, 2.05) is 0 Å². The van der Waals surface area contributed by atoms with Crippen LogP contribution in [0.3, 0.4) is 0 Å². The topological polar surface area (TPSA) is 167 Å². The monoisotopic (exact) mass is 356 g/mol. The minimum absolute atomic E-state index is 0.0736. The van der Waals surface area contributed by atoms with Gasteiger partial charge in [-0.3, -0.25) is 25.8 Å². The molecule has 5 N–H and O–H groups in total. The van der Waals surface area contributed by atoms with Crippen LogP contribution in [0.1, 0.15) is 0 Å². The van der Waals surface area contributed by atoms with Crippen LogP contribution >= 0.6 is 0 Å². The maximum Gasteiger partial charge on any atom is 0.323 e. The lowest BCUT2D eigenvalue weighted by atomic mass is 10.2. The summed E-state index contributed by atoms with van der Waals surface area (Å²) >= 11 is 0. The summed E-state index contributed by atoms with van der Waals surface area (Å²) in [6.45, 7) is 0. The number of nitrogens with zero attached hydrogens (tertiary/aromatic N) is 3. The molecule has 3 amide bonds. The molecule has 0 saturated heterocycles. The van der Waals surface area contributed by atoms with Gasteiger partial charge in [-0.25, -0.2) is 4.79 Å². The third-order valence-corrected chi connectivity index (χ3v) is 3.29. The number of nitro benzene ring substituents is 1. The maximum absolute atomic E-state index is 12.1. The van der Waals surface area contributed by atoms with Crippen molar-refractivity contribution in [3.05, 3.63) is 46.5 Å². The van der Waals surface area contributed by atoms with E-state index in [2.05, 4.69) is 36.9 Å². The van der Waals surface area contributed by atoms with Crippen LogP contribution in [0.25, 0.3) is 11.0 Å². The molecular formula is C14H12N8O4. The molecular weight excluding hydrogens is 344 g/mol. The molecule has 0 aliphatic rings. The molecule has 2 aromatic carbocycles. The molecule has 0 aliphatic heterocycles. The first-order valence-corrected chi connectivity index (χ1v) is 7.19. The van der Waals surface area contributed by atoms with Crippen molar-refractivity contribution >= 4 is 46.2 Å². The number of hydrogen-bond donors (Lipinski definition) is 5. The van der Waals surface area contributed by atoms with Crippen molar-refractivity contribution < 1.29 is 14.5 Å². The predicted octanol–water partition coefficient (Wildman–Crippen LogP) is 1.58. The van der Waals surface area contributed by atoms with Gasteiger partial charge in [0.1, 0.15) is 16.7 Å². The third-order valence-electron chi connectivity index (χ3n) is 3.29. The van der Waals surface area contributed by atoms with Crippen LogP contribution < -0.4 is 21.5 Å². The molecule has 1 heterocycles. The Kier molecular flexibility index (Phi) is 4.56. The van der Waals surface area contributed by atoms with Crippen molar-refractivity contribution in [3.8, 4) is 0 Å². The second kappa shape index (κ2) is 7.12. The Morgan fingerprint density at radius 3 is 2.50 bits per heavy atom. The number of H-pyrrole nitrogens is 1. The lowest BCUT2D eigenvalue weighted by molar-refractivity contribution is -0.383. The highest BCUT2D eigenvalue weighted by Crippen LogP contribution is 2.27. The van der Waals surface area contributed by atoms with E-state index in [0.717, 1.165) is 6.07 Å². The zero-order chi connectivity index (χ0) is 18.5. The predicted molar refractivity (Wildman–Crippen MR) is 92.4 cm³/mol. The van der Waals surface area contributed by atoms with Gasteiger partial charge in [0, 0.05) is 17.4 Å². The normalized spacial score (nSPS) is 10.2. The molecule has 0 radical (unpaired) electrons. The highest BCUT2D eigenvalue weighted by Gasteiger charge is 2.15. The maximum atomic E-state index is 12.1. The first-order valence-electron chi connectivity index (χ1n) is 7.19. The summed E-state index contributed by atoms with van der Waals surface area (Å²) in [4.78, 5) is 32.9. The number of benzene rings is 2. The van der Waals surface area contributed by atoms with Crippen LogP contribution in [0.4, 0.5) is 27.5 Å². The van der Waals surface area contributed by atoms with Gasteiger partial charge >= 0.3 is 6.03 Å². The van der Waals surface area contributed by atoms with Gasteiger partial charge in [0.2, 0.25) is 6.41 Å². The summed E-state index contributed by atoms with van der Waals surface area (Å²) in [6, 6.07) is 8.32. The molecule has 0 saturated carbocycles. The molecule has 1 aromatic heterocycles. The largest absolute Gasteiger partial charge is 0.323 e. The molecule has 0 fully saturated rings. The Balaban J connectivity index is 1.72. The average molecular weight is 356 g/mol. The lowest BCUT2D eigenvalue weighted by Gasteiger charge is -2.09. The van der Waals surface area contributed by atoms with Gasteiger partial charge in [0.15, 0.2) is 0 Å². The number of amides is 3. The van der Waals surface area contributed by atoms with Gasteiger partial charge < -0.3 is 10.6 Å². The third kappa shape index (κ3) is 3.64. The van der Waals surface area contributed by atoms with E-state index in [-0.39, 0.29) is 17.1 Å². The molecule has 3 aromatic rings. The number of urea groups is 1. The highest BCUT2D eigenvalue weighted by molar-refractivity contribution is 6.01. The van der Waals surface area contributed by atoms with E-state index in [4.69, 9.17) is 0 Å². The van der Waals surface area contributed by atoms with Crippen LogP contribution in [0.5, 0.6) is 0 Å². The second-order valence-electron chi connectivity index (χ2n) is 4.98. The molecule has 0 aliphatic carbocycles. The van der Waals surface area contributed by atoms with Crippen molar-refractivity contribution in [1.29, 1.82) is 0 Å². The van der Waals surface area contributed by atoms with Gasteiger partial charge in [0.05, 0.1) is 4.92 Å². The molecule has 26 heavy (non-hydrogen) atoms. The number of rotatable bonds is 6. The average Bonchev–Trinajstić information content (AvgIpc) is 3.08. The van der Waals surface area contributed by atoms with E-state index in [1.54, 1.807) is 18.2 Å². The fourth-order valence-corrected chi connectivity index (χ4v) is 2.18. The van der Waals surface area contributed by atoms with Crippen LogP contribution in [0, 0.1) is 10.1 Å². The first kappa shape index (κ1) is 16.6. The zero-order valence-electron chi connectivity index (χ0n) is 13.0. The minimum atomic E-state index is -0.642. The Morgan fingerprint density at radius 2 is 1.77 bits per heavy atom. The highest BCUT2D eigenvalue weighted by atomic mass is 16.6. The summed E-state index contributed by atoms with van der Waals surface area (Å²) in [7, 11) is 0. The number of hydrogen-bond acceptors (Lipinski definition) is 7. The van der Waals surface area contributed by atoms with Crippen molar-refractivity contribution in [3.63, 3.8) is 0 Å². The van der Waals surface area contributed by atoms with Gasteiger partial charge in [-0.2, -0.15) is 15.4 Å². The van der Waals surface area contributed by atoms with E-state index in [0.29, 0.717) is 23.1 Å². The number of carbonyl (C=O) groups excluding carboxylic acids is 2. The summed E-state index contributed by atoms with van der Waals surface area (Å²) in [5.41, 5.74) is 6.16. The summed E-state index contributed by atoms with van der Waals surface area (Å²) < 4.78 is 0. The number of nitrogens with one attached hydrogen (secondary N) is 5. The van der Waals surface area contributed by atoms with Crippen LogP contribution in [0.15, 0.2) is 36.4 Å². The van der Waals surface area contributed by atoms with Gasteiger partial charge in [-0.15, -0.1) is 0 Å². The number of fused-ring (bicyclic) bond motifs is 1. The fourth-order valence-electron chi connectivity index (χ4n) is 2.18. The SMILES string of the molecule is O=CNNc1ccc(NC(=O)Nc2ccc3n[nH]nc3c2)cc1[N+](=O)[O-]. The molecule has 0 bridgehead atoms. The Hall–Kier alpha value is -4.22. The van der Waals surface area contributed by atoms with Crippen LogP contribution in [0.2, 0.25) is 0 Å². The molecule has 0 atom stereocenters. The molecule has 0 unspecified atom stereocenters. The zero-order valence-corrected chi connectivity index (χ0v) is 13.0. The van der Waals surface area contributed by atoms with Gasteiger partial charge in [0.25, 0.3) is 5.69 Å². The van der Waals surface area contributed by atoms with Crippen molar-refractivity contribution in [2.24, 2.45) is 0 Å². The number of aromatic amines is 1. The standard InChI is InChI=1S/C14H12N8O4/c23-7-15-18-11-4-2-9(6-13(11)22(25)26)17-14(24)16-8-1-3-10-12(5-8)20-21-19-10/h1-7,18H,(H,15,23)(H2,16,17,24)(H,19,20,21). The van der Waals surface area contributed by atoms with E-state index < -0.39 is 11.0 Å². The van der Waals surface area contributed by atoms with E-state index in [9.17, 15) is 19.7 Å². The molecule has 3 rings (SSSR count). The lowest BCUT2D eigenvalue weighted by Crippen LogP contribution is -2.21. The summed E-state index contributed by atoms with van der Waals surface area (Å²) in [5.74, 6) is 0. The Bertz CT molecular complexity index is 986. The second-order valence-corrected chi connectivity index (χ2v) is 4.98. The molecule has 12 heteroatoms. The smallest absolute Gasteiger partial charge is 0.308 e. The number of aromatic nitrogens is 3. The van der Waals surface area contributed by atoms with Crippen molar-refractivity contribution in [2.75, 3.05) is 16.1 Å². The number of anilines is 3. The van der Waals surface area contributed by atoms with Crippen molar-refractivity contribution in [2.45, 2.75) is 0 Å². The molecule has 12 nitrogen and oxygen atoms in total. The Labute approximate surface area is 145 Å². The first-order chi connectivity index (χ1) is 12.6. The number of nitro groups is 1. The quantitative estimate of drug-likeness (QED) is 0.254. The van der Waals surface area contributed by atoms with Gasteiger partial charge in [-0.05, 0) is 30.3 Å². The number of hydrazine groups is 1.